The van der Waals surface area contributed by atoms with Crippen molar-refractivity contribution in [3.05, 3.63) is 101 Å². The minimum atomic E-state index is -4.36. The molecule has 7 heteroatoms. The molecule has 4 aromatic rings. The number of aromatic nitrogens is 1. The fraction of sp³-hybridized carbons (Fsp3) is 0.323. The molecule has 1 aliphatic heterocycles. The van der Waals surface area contributed by atoms with Gasteiger partial charge < -0.3 is 9.72 Å². The van der Waals surface area contributed by atoms with Gasteiger partial charge in [0.1, 0.15) is 5.75 Å². The van der Waals surface area contributed by atoms with Crippen molar-refractivity contribution in [2.24, 2.45) is 0 Å². The van der Waals surface area contributed by atoms with E-state index in [9.17, 15) is 18.0 Å². The van der Waals surface area contributed by atoms with Gasteiger partial charge in [-0.05, 0) is 66.3 Å². The third-order valence-electron chi connectivity index (χ3n) is 7.59. The topological polar surface area (TPSA) is 45.3 Å². The van der Waals surface area contributed by atoms with E-state index in [0.29, 0.717) is 25.8 Å². The first-order valence-electron chi connectivity index (χ1n) is 13.0. The maximum absolute atomic E-state index is 13.4. The summed E-state index contributed by atoms with van der Waals surface area (Å²) in [5, 5.41) is 1.11. The molecule has 0 fully saturated rings. The maximum atomic E-state index is 13.4. The molecule has 0 bridgehead atoms. The lowest BCUT2D eigenvalue weighted by Crippen LogP contribution is -2.41. The number of methoxy groups -OCH3 is 1. The number of nitrogens with zero attached hydrogens (tertiary/aromatic N) is 1. The lowest BCUT2D eigenvalue weighted by Gasteiger charge is -2.41. The monoisotopic (exact) mass is 520 g/mol. The largest absolute Gasteiger partial charge is 0.497 e. The zero-order chi connectivity index (χ0) is 26.9. The Morgan fingerprint density at radius 2 is 1.82 bits per heavy atom. The molecule has 1 aliphatic rings. The van der Waals surface area contributed by atoms with Gasteiger partial charge in [0.25, 0.3) is 0 Å². The summed E-state index contributed by atoms with van der Waals surface area (Å²) in [5.41, 5.74) is 4.43. The fourth-order valence-electron chi connectivity index (χ4n) is 5.66. The third-order valence-corrected chi connectivity index (χ3v) is 7.59. The molecule has 3 aromatic carbocycles. The summed E-state index contributed by atoms with van der Waals surface area (Å²) in [6.07, 6.45) is -1.93. The highest BCUT2D eigenvalue weighted by molar-refractivity contribution is 5.87. The molecule has 0 amide bonds. The number of carbonyl (C=O) groups excluding carboxylic acids is 1. The van der Waals surface area contributed by atoms with Crippen molar-refractivity contribution in [3.63, 3.8) is 0 Å². The predicted octanol–water partition coefficient (Wildman–Crippen LogP) is 7.45. The molecule has 4 nitrogen and oxygen atoms in total. The summed E-state index contributed by atoms with van der Waals surface area (Å²) in [6, 6.07) is 20.7. The zero-order valence-electron chi connectivity index (χ0n) is 21.5. The SMILES string of the molecule is CCC(=O)C(c1ccccc1)N1CCc2c([nH]c3ccc(OC)cc23)C1CCc1ccc(C(F)(F)F)cc1. The zero-order valence-corrected chi connectivity index (χ0v) is 21.5. The highest BCUT2D eigenvalue weighted by Crippen LogP contribution is 2.42. The Bertz CT molecular complexity index is 1410. The lowest BCUT2D eigenvalue weighted by molar-refractivity contribution is -0.137. The molecule has 0 saturated heterocycles. The smallest absolute Gasteiger partial charge is 0.416 e. The van der Waals surface area contributed by atoms with E-state index in [2.05, 4.69) is 9.88 Å². The summed E-state index contributed by atoms with van der Waals surface area (Å²) in [6.45, 7) is 2.58. The molecule has 38 heavy (non-hydrogen) atoms. The first-order valence-corrected chi connectivity index (χ1v) is 13.0. The van der Waals surface area contributed by atoms with Crippen LogP contribution in [0.4, 0.5) is 13.2 Å². The first kappa shape index (κ1) is 26.0. The molecule has 1 aromatic heterocycles. The molecule has 0 saturated carbocycles. The number of ether oxygens (including phenoxy) is 1. The van der Waals surface area contributed by atoms with Gasteiger partial charge in [-0.15, -0.1) is 0 Å². The summed E-state index contributed by atoms with van der Waals surface area (Å²) < 4.78 is 44.7. The second-order valence-corrected chi connectivity index (χ2v) is 9.80. The number of aromatic amines is 1. The number of halogens is 3. The van der Waals surface area contributed by atoms with Crippen LogP contribution in [-0.2, 0) is 23.8 Å². The van der Waals surface area contributed by atoms with Gasteiger partial charge in [0.2, 0.25) is 0 Å². The van der Waals surface area contributed by atoms with Gasteiger partial charge in [0.15, 0.2) is 5.78 Å². The minimum Gasteiger partial charge on any atom is -0.497 e. The van der Waals surface area contributed by atoms with Gasteiger partial charge in [-0.25, -0.2) is 0 Å². The molecular formula is C31H31F3N2O2. The number of ketones is 1. The average molecular weight is 521 g/mol. The van der Waals surface area contributed by atoms with Crippen molar-refractivity contribution in [2.75, 3.05) is 13.7 Å². The Morgan fingerprint density at radius 1 is 1.08 bits per heavy atom. The number of aryl methyl sites for hydroxylation is 1. The van der Waals surface area contributed by atoms with E-state index in [-0.39, 0.29) is 11.8 Å². The van der Waals surface area contributed by atoms with Crippen LogP contribution in [0.15, 0.2) is 72.8 Å². The highest BCUT2D eigenvalue weighted by Gasteiger charge is 2.37. The van der Waals surface area contributed by atoms with Crippen LogP contribution >= 0.6 is 0 Å². The van der Waals surface area contributed by atoms with Crippen molar-refractivity contribution in [3.8, 4) is 5.75 Å². The molecule has 198 valence electrons. The van der Waals surface area contributed by atoms with Crippen LogP contribution in [0.5, 0.6) is 5.75 Å². The minimum absolute atomic E-state index is 0.111. The molecule has 2 heterocycles. The van der Waals surface area contributed by atoms with Crippen molar-refractivity contribution < 1.29 is 22.7 Å². The Labute approximate surface area is 220 Å². The van der Waals surface area contributed by atoms with E-state index in [4.69, 9.17) is 4.74 Å². The van der Waals surface area contributed by atoms with Gasteiger partial charge >= 0.3 is 6.18 Å². The number of hydrogen-bond acceptors (Lipinski definition) is 3. The van der Waals surface area contributed by atoms with E-state index >= 15 is 0 Å². The Balaban J connectivity index is 1.54. The quantitative estimate of drug-likeness (QED) is 0.263. The van der Waals surface area contributed by atoms with Gasteiger partial charge in [0, 0.05) is 29.6 Å². The maximum Gasteiger partial charge on any atom is 0.416 e. The third kappa shape index (κ3) is 5.07. The molecule has 0 spiro atoms. The average Bonchev–Trinajstić information content (AvgIpc) is 3.30. The number of nitrogens with one attached hydrogen (secondary N) is 1. The van der Waals surface area contributed by atoms with Gasteiger partial charge in [-0.2, -0.15) is 13.2 Å². The summed E-state index contributed by atoms with van der Waals surface area (Å²) in [5.74, 6) is 0.934. The highest BCUT2D eigenvalue weighted by atomic mass is 19.4. The Kier molecular flexibility index (Phi) is 7.30. The fourth-order valence-corrected chi connectivity index (χ4v) is 5.66. The van der Waals surface area contributed by atoms with E-state index in [0.717, 1.165) is 52.0 Å². The van der Waals surface area contributed by atoms with E-state index in [1.807, 2.05) is 55.5 Å². The number of Topliss-reactive ketones (excluding diaryl/α,β-unsaturated/α-hetero) is 1. The number of fused-ring (bicyclic) bond motifs is 3. The van der Waals surface area contributed by atoms with Crippen molar-refractivity contribution in [1.29, 1.82) is 0 Å². The number of carbonyl (C=O) groups is 1. The molecule has 0 aliphatic carbocycles. The summed E-state index contributed by atoms with van der Waals surface area (Å²) in [7, 11) is 1.65. The number of benzene rings is 3. The Hall–Kier alpha value is -3.58. The summed E-state index contributed by atoms with van der Waals surface area (Å²) in [4.78, 5) is 19.3. The van der Waals surface area contributed by atoms with Crippen LogP contribution < -0.4 is 4.74 Å². The van der Waals surface area contributed by atoms with Crippen LogP contribution in [-0.4, -0.2) is 29.3 Å². The molecule has 5 rings (SSSR count). The molecular weight excluding hydrogens is 489 g/mol. The van der Waals surface area contributed by atoms with Crippen molar-refractivity contribution in [1.82, 2.24) is 9.88 Å². The van der Waals surface area contributed by atoms with Gasteiger partial charge in [-0.3, -0.25) is 9.69 Å². The van der Waals surface area contributed by atoms with Crippen LogP contribution in [0.3, 0.4) is 0 Å². The van der Waals surface area contributed by atoms with Crippen LogP contribution in [0, 0.1) is 0 Å². The Morgan fingerprint density at radius 3 is 2.47 bits per heavy atom. The first-order chi connectivity index (χ1) is 18.3. The standard InChI is InChI=1S/C31H31F3N2O2/c1-3-28(37)30(21-7-5-4-6-8-21)36-18-17-24-25-19-23(38-2)14-15-26(25)35-29(24)27(36)16-11-20-9-12-22(13-10-20)31(32,33)34/h4-10,12-15,19,27,30,35H,3,11,16-18H2,1-2H3. The predicted molar refractivity (Wildman–Crippen MR) is 142 cm³/mol. The lowest BCUT2D eigenvalue weighted by atomic mass is 9.88. The molecule has 0 radical (unpaired) electrons. The number of alkyl halides is 3. The van der Waals surface area contributed by atoms with E-state index in [1.54, 1.807) is 19.2 Å². The van der Waals surface area contributed by atoms with E-state index < -0.39 is 17.8 Å². The summed E-state index contributed by atoms with van der Waals surface area (Å²) >= 11 is 0. The van der Waals surface area contributed by atoms with Gasteiger partial charge in [0.05, 0.1) is 24.8 Å². The van der Waals surface area contributed by atoms with Crippen molar-refractivity contribution >= 4 is 16.7 Å². The second kappa shape index (κ2) is 10.7. The normalized spacial score (nSPS) is 16.8. The van der Waals surface area contributed by atoms with Gasteiger partial charge in [-0.1, -0.05) is 49.4 Å². The number of hydrogen-bond donors (Lipinski definition) is 1. The second-order valence-electron chi connectivity index (χ2n) is 9.80. The molecule has 2 unspecified atom stereocenters. The van der Waals surface area contributed by atoms with Crippen LogP contribution in [0.25, 0.3) is 10.9 Å². The molecule has 1 N–H and O–H groups in total. The number of H-pyrrole nitrogens is 1. The van der Waals surface area contributed by atoms with Crippen molar-refractivity contribution in [2.45, 2.75) is 50.9 Å². The van der Waals surface area contributed by atoms with E-state index in [1.165, 1.54) is 5.56 Å². The van der Waals surface area contributed by atoms with Crippen LogP contribution in [0.1, 0.15) is 59.8 Å². The number of rotatable bonds is 8. The molecule has 2 atom stereocenters. The van der Waals surface area contributed by atoms with Crippen LogP contribution in [0.2, 0.25) is 0 Å².